The molecule has 2 N–H and O–H groups in total. The van der Waals surface area contributed by atoms with Crippen LogP contribution in [0.25, 0.3) is 0 Å². The van der Waals surface area contributed by atoms with Crippen LogP contribution in [0.5, 0.6) is 0 Å². The van der Waals surface area contributed by atoms with Gasteiger partial charge in [0.1, 0.15) is 0 Å². The first-order chi connectivity index (χ1) is 6.93. The van der Waals surface area contributed by atoms with Crippen LogP contribution in [0.2, 0.25) is 0 Å². The van der Waals surface area contributed by atoms with Gasteiger partial charge in [0.25, 0.3) is 0 Å². The Morgan fingerprint density at radius 2 is 2.07 bits per heavy atom. The molecule has 0 atom stereocenters. The second-order valence-electron chi connectivity index (χ2n) is 3.95. The Labute approximate surface area is 89.1 Å². The molecule has 0 radical (unpaired) electrons. The molecule has 0 aliphatic heterocycles. The summed E-state index contributed by atoms with van der Waals surface area (Å²) in [6.45, 7) is 3.67. The minimum absolute atomic E-state index is 0.0480. The zero-order chi connectivity index (χ0) is 11.6. The number of aromatic nitrogens is 1. The van der Waals surface area contributed by atoms with Gasteiger partial charge in [0.05, 0.1) is 6.42 Å². The third-order valence-corrected chi connectivity index (χ3v) is 2.33. The Kier molecular flexibility index (Phi) is 3.29. The van der Waals surface area contributed by atoms with Crippen LogP contribution in [0.1, 0.15) is 29.9 Å². The van der Waals surface area contributed by atoms with Gasteiger partial charge >= 0.3 is 0 Å². The van der Waals surface area contributed by atoms with E-state index in [4.69, 9.17) is 5.73 Å². The van der Waals surface area contributed by atoms with Crippen LogP contribution in [0.4, 0.5) is 0 Å². The first kappa shape index (κ1) is 11.5. The van der Waals surface area contributed by atoms with Gasteiger partial charge in [0, 0.05) is 30.4 Å². The fourth-order valence-corrected chi connectivity index (χ4v) is 1.48. The third-order valence-electron chi connectivity index (χ3n) is 2.33. The normalized spacial score (nSPS) is 10.7. The van der Waals surface area contributed by atoms with Crippen molar-refractivity contribution in [3.05, 3.63) is 23.5 Å². The highest BCUT2D eigenvalue weighted by Crippen LogP contribution is 2.15. The summed E-state index contributed by atoms with van der Waals surface area (Å²) in [4.78, 5) is 22.7. The molecule has 1 rings (SSSR count). The summed E-state index contributed by atoms with van der Waals surface area (Å²) in [5.41, 5.74) is 6.43. The molecule has 4 nitrogen and oxygen atoms in total. The number of primary amides is 1. The zero-order valence-corrected chi connectivity index (χ0v) is 9.28. The molecule has 0 fully saturated rings. The number of ketones is 1. The van der Waals surface area contributed by atoms with Gasteiger partial charge in [-0.05, 0) is 6.07 Å². The summed E-state index contributed by atoms with van der Waals surface area (Å²) >= 11 is 0. The van der Waals surface area contributed by atoms with Crippen molar-refractivity contribution in [3.8, 4) is 0 Å². The molecule has 0 aliphatic carbocycles. The molecular weight excluding hydrogens is 192 g/mol. The summed E-state index contributed by atoms with van der Waals surface area (Å²) in [6.07, 6.45) is 1.88. The number of rotatable bonds is 4. The van der Waals surface area contributed by atoms with Crippen molar-refractivity contribution in [2.45, 2.75) is 20.3 Å². The molecule has 0 bridgehead atoms. The Hall–Kier alpha value is -1.58. The van der Waals surface area contributed by atoms with Gasteiger partial charge in [-0.25, -0.2) is 0 Å². The Balaban J connectivity index is 3.08. The minimum Gasteiger partial charge on any atom is -0.369 e. The van der Waals surface area contributed by atoms with E-state index in [1.807, 2.05) is 13.8 Å². The predicted octanol–water partition coefficient (Wildman–Crippen LogP) is 0.892. The zero-order valence-electron chi connectivity index (χ0n) is 9.28. The second-order valence-corrected chi connectivity index (χ2v) is 3.95. The fraction of sp³-hybridized carbons (Fsp3) is 0.455. The molecule has 1 heterocycles. The second kappa shape index (κ2) is 4.29. The van der Waals surface area contributed by atoms with Gasteiger partial charge in [0.15, 0.2) is 5.78 Å². The van der Waals surface area contributed by atoms with Crippen molar-refractivity contribution in [1.29, 1.82) is 0 Å². The average molecular weight is 208 g/mol. The molecular formula is C11H16N2O2. The number of nitrogens with zero attached hydrogens (tertiary/aromatic N) is 1. The number of amides is 1. The van der Waals surface area contributed by atoms with E-state index in [9.17, 15) is 9.59 Å². The molecule has 4 heteroatoms. The molecule has 0 aromatic carbocycles. The van der Waals surface area contributed by atoms with Crippen molar-refractivity contribution in [3.63, 3.8) is 0 Å². The molecule has 0 unspecified atom stereocenters. The lowest BCUT2D eigenvalue weighted by Gasteiger charge is -2.07. The molecule has 82 valence electrons. The van der Waals surface area contributed by atoms with Gasteiger partial charge in [-0.3, -0.25) is 9.59 Å². The first-order valence-electron chi connectivity index (χ1n) is 4.90. The average Bonchev–Trinajstić information content (AvgIpc) is 2.46. The van der Waals surface area contributed by atoms with E-state index >= 15 is 0 Å². The number of carbonyl (C=O) groups excluding carboxylic acids is 2. The molecule has 1 aromatic rings. The SMILES string of the molecule is CC(C)C(=O)c1ccn(C)c1CC(N)=O. The van der Waals surface area contributed by atoms with Gasteiger partial charge in [-0.2, -0.15) is 0 Å². The van der Waals surface area contributed by atoms with E-state index in [0.29, 0.717) is 11.3 Å². The van der Waals surface area contributed by atoms with Crippen molar-refractivity contribution in [2.24, 2.45) is 18.7 Å². The lowest BCUT2D eigenvalue weighted by atomic mass is 10.0. The van der Waals surface area contributed by atoms with E-state index in [-0.39, 0.29) is 18.1 Å². The number of carbonyl (C=O) groups is 2. The number of hydrogen-bond donors (Lipinski definition) is 1. The summed E-state index contributed by atoms with van der Waals surface area (Å²) in [7, 11) is 1.80. The lowest BCUT2D eigenvalue weighted by Crippen LogP contribution is -2.19. The number of nitrogens with two attached hydrogens (primary N) is 1. The van der Waals surface area contributed by atoms with Crippen LogP contribution in [0.15, 0.2) is 12.3 Å². The third kappa shape index (κ3) is 2.46. The van der Waals surface area contributed by atoms with Crippen molar-refractivity contribution in [1.82, 2.24) is 4.57 Å². The Bertz CT molecular complexity index is 391. The van der Waals surface area contributed by atoms with E-state index in [1.165, 1.54) is 0 Å². The summed E-state index contributed by atoms with van der Waals surface area (Å²) in [5, 5.41) is 0. The molecule has 15 heavy (non-hydrogen) atoms. The first-order valence-corrected chi connectivity index (χ1v) is 4.90. The van der Waals surface area contributed by atoms with Crippen LogP contribution >= 0.6 is 0 Å². The summed E-state index contributed by atoms with van der Waals surface area (Å²) in [5.74, 6) is -0.444. The molecule has 1 aromatic heterocycles. The maximum absolute atomic E-state index is 11.8. The summed E-state index contributed by atoms with van der Waals surface area (Å²) < 4.78 is 1.76. The fourth-order valence-electron chi connectivity index (χ4n) is 1.48. The van der Waals surface area contributed by atoms with Gasteiger partial charge in [0.2, 0.25) is 5.91 Å². The van der Waals surface area contributed by atoms with Crippen LogP contribution < -0.4 is 5.73 Å². The molecule has 0 saturated heterocycles. The maximum Gasteiger partial charge on any atom is 0.223 e. The minimum atomic E-state index is -0.422. The number of hydrogen-bond acceptors (Lipinski definition) is 2. The van der Waals surface area contributed by atoms with Crippen LogP contribution in [0, 0.1) is 5.92 Å². The van der Waals surface area contributed by atoms with Gasteiger partial charge in [-0.1, -0.05) is 13.8 Å². The highest BCUT2D eigenvalue weighted by atomic mass is 16.1. The largest absolute Gasteiger partial charge is 0.369 e. The maximum atomic E-state index is 11.8. The van der Waals surface area contributed by atoms with E-state index < -0.39 is 5.91 Å². The van der Waals surface area contributed by atoms with Crippen molar-refractivity contribution >= 4 is 11.7 Å². The predicted molar refractivity (Wildman–Crippen MR) is 57.5 cm³/mol. The van der Waals surface area contributed by atoms with Crippen LogP contribution in [0.3, 0.4) is 0 Å². The van der Waals surface area contributed by atoms with Crippen LogP contribution in [-0.2, 0) is 18.3 Å². The lowest BCUT2D eigenvalue weighted by molar-refractivity contribution is -0.117. The summed E-state index contributed by atoms with van der Waals surface area (Å²) in [6, 6.07) is 1.74. The molecule has 1 amide bonds. The topological polar surface area (TPSA) is 65.1 Å². The smallest absolute Gasteiger partial charge is 0.223 e. The Morgan fingerprint density at radius 1 is 1.47 bits per heavy atom. The Morgan fingerprint density at radius 3 is 2.53 bits per heavy atom. The number of aryl methyl sites for hydroxylation is 1. The molecule has 0 aliphatic rings. The van der Waals surface area contributed by atoms with E-state index in [2.05, 4.69) is 0 Å². The highest BCUT2D eigenvalue weighted by molar-refractivity contribution is 5.99. The number of Topliss-reactive ketones (excluding diaryl/α,β-unsaturated/α-hetero) is 1. The van der Waals surface area contributed by atoms with Crippen LogP contribution in [-0.4, -0.2) is 16.3 Å². The van der Waals surface area contributed by atoms with Crippen molar-refractivity contribution < 1.29 is 9.59 Å². The van der Waals surface area contributed by atoms with Crippen molar-refractivity contribution in [2.75, 3.05) is 0 Å². The van der Waals surface area contributed by atoms with Gasteiger partial charge in [-0.15, -0.1) is 0 Å². The quantitative estimate of drug-likeness (QED) is 0.747. The van der Waals surface area contributed by atoms with E-state index in [0.717, 1.165) is 0 Å². The monoisotopic (exact) mass is 208 g/mol. The van der Waals surface area contributed by atoms with Gasteiger partial charge < -0.3 is 10.3 Å². The van der Waals surface area contributed by atoms with E-state index in [1.54, 1.807) is 23.9 Å². The molecule has 0 saturated carbocycles. The molecule has 0 spiro atoms. The standard InChI is InChI=1S/C11H16N2O2/c1-7(2)11(15)8-4-5-13(3)9(8)6-10(12)14/h4-5,7H,6H2,1-3H3,(H2,12,14). The highest BCUT2D eigenvalue weighted by Gasteiger charge is 2.18.